The normalized spacial score (nSPS) is 10.5. The molecule has 0 bridgehead atoms. The van der Waals surface area contributed by atoms with E-state index in [9.17, 15) is 24.5 Å². The van der Waals surface area contributed by atoms with Crippen LogP contribution in [-0.2, 0) is 14.3 Å². The van der Waals surface area contributed by atoms with Crippen LogP contribution in [0.1, 0.15) is 31.2 Å². The molecule has 0 unspecified atom stereocenters. The fourth-order valence-corrected chi connectivity index (χ4v) is 3.39. The van der Waals surface area contributed by atoms with Crippen LogP contribution in [0.5, 0.6) is 0 Å². The summed E-state index contributed by atoms with van der Waals surface area (Å²) >= 11 is 0.901. The Bertz CT molecular complexity index is 961. The topological polar surface area (TPSA) is 125 Å². The van der Waals surface area contributed by atoms with E-state index >= 15 is 0 Å². The number of methoxy groups -OCH3 is 2. The van der Waals surface area contributed by atoms with E-state index in [1.165, 1.54) is 50.6 Å². The van der Waals surface area contributed by atoms with E-state index in [2.05, 4.69) is 10.1 Å². The molecule has 10 heteroatoms. The number of ether oxygens (including phenoxy) is 2. The molecule has 0 saturated heterocycles. The number of carbonyl (C=O) groups is 3. The Morgan fingerprint density at radius 3 is 2.25 bits per heavy atom. The molecule has 28 heavy (non-hydrogen) atoms. The van der Waals surface area contributed by atoms with Crippen molar-refractivity contribution < 1.29 is 28.8 Å². The van der Waals surface area contributed by atoms with Crippen LogP contribution in [0.4, 0.5) is 10.7 Å². The Labute approximate surface area is 163 Å². The second-order valence-corrected chi connectivity index (χ2v) is 6.44. The number of hydrogen-bond donors (Lipinski definition) is 1. The summed E-state index contributed by atoms with van der Waals surface area (Å²) in [4.78, 5) is 46.4. The first kappa shape index (κ1) is 20.8. The number of nitrogens with zero attached hydrogens (tertiary/aromatic N) is 1. The highest BCUT2D eigenvalue weighted by Crippen LogP contribution is 2.34. The zero-order chi connectivity index (χ0) is 20.8. The molecule has 1 heterocycles. The van der Waals surface area contributed by atoms with Crippen molar-refractivity contribution in [2.24, 2.45) is 0 Å². The van der Waals surface area contributed by atoms with Gasteiger partial charge in [-0.15, -0.1) is 11.3 Å². The maximum absolute atomic E-state index is 12.2. The molecule has 1 aromatic heterocycles. The van der Waals surface area contributed by atoms with E-state index in [0.717, 1.165) is 11.3 Å². The average molecular weight is 404 g/mol. The Hall–Kier alpha value is -3.53. The van der Waals surface area contributed by atoms with Crippen molar-refractivity contribution in [1.82, 2.24) is 0 Å². The van der Waals surface area contributed by atoms with Crippen LogP contribution in [-0.4, -0.2) is 37.0 Å². The molecule has 2 aromatic rings. The standard InChI is InChI=1S/C18H16N2O7S/c1-10-14(17(22)26-2)16(28-15(10)18(23)27-3)19-13(21)9-6-11-4-7-12(8-5-11)20(24)25/h4-9H,1-3H3,(H,19,21). The molecule has 1 aromatic carbocycles. The molecule has 0 aliphatic heterocycles. The molecule has 0 fully saturated rings. The van der Waals surface area contributed by atoms with Gasteiger partial charge in [0.1, 0.15) is 9.88 Å². The third-order valence-corrected chi connectivity index (χ3v) is 4.86. The van der Waals surface area contributed by atoms with Crippen LogP contribution >= 0.6 is 11.3 Å². The highest BCUT2D eigenvalue weighted by molar-refractivity contribution is 7.18. The van der Waals surface area contributed by atoms with Gasteiger partial charge in [0.25, 0.3) is 5.69 Å². The predicted molar refractivity (Wildman–Crippen MR) is 102 cm³/mol. The lowest BCUT2D eigenvalue weighted by molar-refractivity contribution is -0.384. The van der Waals surface area contributed by atoms with Gasteiger partial charge < -0.3 is 14.8 Å². The number of hydrogen-bond acceptors (Lipinski definition) is 8. The van der Waals surface area contributed by atoms with Gasteiger partial charge in [0, 0.05) is 18.2 Å². The smallest absolute Gasteiger partial charge is 0.348 e. The average Bonchev–Trinajstić information content (AvgIpc) is 3.01. The van der Waals surface area contributed by atoms with Crippen molar-refractivity contribution in [3.63, 3.8) is 0 Å². The fraction of sp³-hybridized carbons (Fsp3) is 0.167. The predicted octanol–water partition coefficient (Wildman–Crippen LogP) is 3.19. The summed E-state index contributed by atoms with van der Waals surface area (Å²) in [7, 11) is 2.40. The number of non-ortho nitro benzene ring substituents is 1. The quantitative estimate of drug-likeness (QED) is 0.339. The number of amides is 1. The maximum atomic E-state index is 12.2. The van der Waals surface area contributed by atoms with Gasteiger partial charge in [0.05, 0.1) is 24.7 Å². The van der Waals surface area contributed by atoms with Crippen molar-refractivity contribution in [1.29, 1.82) is 0 Å². The summed E-state index contributed by atoms with van der Waals surface area (Å²) < 4.78 is 9.40. The highest BCUT2D eigenvalue weighted by atomic mass is 32.1. The maximum Gasteiger partial charge on any atom is 0.348 e. The zero-order valence-electron chi connectivity index (χ0n) is 15.2. The Morgan fingerprint density at radius 2 is 1.71 bits per heavy atom. The van der Waals surface area contributed by atoms with Crippen molar-refractivity contribution in [2.45, 2.75) is 6.92 Å². The van der Waals surface area contributed by atoms with Gasteiger partial charge in [-0.3, -0.25) is 14.9 Å². The molecule has 2 rings (SSSR count). The number of nitrogens with one attached hydrogen (secondary N) is 1. The first-order chi connectivity index (χ1) is 13.3. The largest absolute Gasteiger partial charge is 0.465 e. The fourth-order valence-electron chi connectivity index (χ4n) is 2.27. The number of esters is 2. The van der Waals surface area contributed by atoms with Crippen LogP contribution in [0.2, 0.25) is 0 Å². The summed E-state index contributed by atoms with van der Waals surface area (Å²) in [5, 5.41) is 13.3. The third kappa shape index (κ3) is 4.60. The number of anilines is 1. The third-order valence-electron chi connectivity index (χ3n) is 3.67. The van der Waals surface area contributed by atoms with Gasteiger partial charge in [-0.05, 0) is 36.3 Å². The molecule has 146 valence electrons. The van der Waals surface area contributed by atoms with E-state index in [0.29, 0.717) is 11.1 Å². The molecule has 0 spiro atoms. The van der Waals surface area contributed by atoms with Crippen molar-refractivity contribution >= 4 is 45.9 Å². The van der Waals surface area contributed by atoms with Crippen molar-refractivity contribution in [3.8, 4) is 0 Å². The highest BCUT2D eigenvalue weighted by Gasteiger charge is 2.26. The second-order valence-electron chi connectivity index (χ2n) is 5.41. The summed E-state index contributed by atoms with van der Waals surface area (Å²) in [5.41, 5.74) is 0.934. The molecule has 0 atom stereocenters. The zero-order valence-corrected chi connectivity index (χ0v) is 16.0. The van der Waals surface area contributed by atoms with E-state index in [4.69, 9.17) is 4.74 Å². The van der Waals surface area contributed by atoms with Crippen LogP contribution in [0.3, 0.4) is 0 Å². The van der Waals surface area contributed by atoms with Crippen LogP contribution in [0.15, 0.2) is 30.3 Å². The minimum Gasteiger partial charge on any atom is -0.465 e. The van der Waals surface area contributed by atoms with Gasteiger partial charge in [-0.25, -0.2) is 9.59 Å². The molecule has 9 nitrogen and oxygen atoms in total. The van der Waals surface area contributed by atoms with Crippen LogP contribution < -0.4 is 5.32 Å². The van der Waals surface area contributed by atoms with Crippen LogP contribution in [0.25, 0.3) is 6.08 Å². The SMILES string of the molecule is COC(=O)c1sc(NC(=O)C=Cc2ccc([N+](=O)[O-])cc2)c(C(=O)OC)c1C. The van der Waals surface area contributed by atoms with Crippen molar-refractivity contribution in [2.75, 3.05) is 19.5 Å². The minimum atomic E-state index is -0.696. The summed E-state index contributed by atoms with van der Waals surface area (Å²) in [6, 6.07) is 5.62. The summed E-state index contributed by atoms with van der Waals surface area (Å²) in [6.45, 7) is 1.55. The van der Waals surface area contributed by atoms with Gasteiger partial charge in [-0.1, -0.05) is 0 Å². The lowest BCUT2D eigenvalue weighted by atomic mass is 10.1. The lowest BCUT2D eigenvalue weighted by Crippen LogP contribution is -2.11. The van der Waals surface area contributed by atoms with Gasteiger partial charge in [0.2, 0.25) is 5.91 Å². The summed E-state index contributed by atoms with van der Waals surface area (Å²) in [5.74, 6) is -1.88. The van der Waals surface area contributed by atoms with E-state index in [-0.39, 0.29) is 21.1 Å². The number of nitro benzene ring substituents is 1. The monoisotopic (exact) mass is 404 g/mol. The molecular weight excluding hydrogens is 388 g/mol. The minimum absolute atomic E-state index is 0.0614. The lowest BCUT2D eigenvalue weighted by Gasteiger charge is -2.04. The van der Waals surface area contributed by atoms with Gasteiger partial charge >= 0.3 is 11.9 Å². The van der Waals surface area contributed by atoms with Crippen LogP contribution in [0, 0.1) is 17.0 Å². The van der Waals surface area contributed by atoms with E-state index in [1.54, 1.807) is 6.92 Å². The Morgan fingerprint density at radius 1 is 1.11 bits per heavy atom. The molecule has 1 amide bonds. The van der Waals surface area contributed by atoms with E-state index < -0.39 is 22.8 Å². The van der Waals surface area contributed by atoms with Gasteiger partial charge in [0.15, 0.2) is 0 Å². The summed E-state index contributed by atoms with van der Waals surface area (Å²) in [6.07, 6.45) is 2.66. The number of carbonyl (C=O) groups excluding carboxylic acids is 3. The van der Waals surface area contributed by atoms with Gasteiger partial charge in [-0.2, -0.15) is 0 Å². The molecule has 1 N–H and O–H groups in total. The first-order valence-corrected chi connectivity index (χ1v) is 8.63. The molecule has 0 aliphatic carbocycles. The first-order valence-electron chi connectivity index (χ1n) is 7.82. The van der Waals surface area contributed by atoms with Crippen molar-refractivity contribution in [3.05, 3.63) is 62.0 Å². The molecule has 0 radical (unpaired) electrons. The Kier molecular flexibility index (Phi) is 6.61. The van der Waals surface area contributed by atoms with E-state index in [1.807, 2.05) is 0 Å². The number of benzene rings is 1. The molecule has 0 aliphatic rings. The number of nitro groups is 1. The number of rotatable bonds is 6. The molecule has 0 saturated carbocycles. The second kappa shape index (κ2) is 8.91. The Balaban J connectivity index is 2.23. The molecular formula is C18H16N2O7S. The number of thiophene rings is 1.